The van der Waals surface area contributed by atoms with Crippen LogP contribution in [-0.2, 0) is 21.7 Å². The smallest absolute Gasteiger partial charge is 0.264 e. The third-order valence-corrected chi connectivity index (χ3v) is 17.1. The van der Waals surface area contributed by atoms with Gasteiger partial charge in [-0.25, -0.2) is 0 Å². The molecule has 6 aromatic carbocycles. The maximum absolute atomic E-state index is 2.70. The van der Waals surface area contributed by atoms with Gasteiger partial charge in [-0.15, -0.1) is 11.3 Å². The lowest BCUT2D eigenvalue weighted by atomic mass is 9.35. The van der Waals surface area contributed by atoms with Crippen LogP contribution in [0.15, 0.2) is 133 Å². The second-order valence-electron chi connectivity index (χ2n) is 23.8. The number of hydrogen-bond donors (Lipinski definition) is 0. The normalized spacial score (nSPS) is 16.8. The van der Waals surface area contributed by atoms with Crippen LogP contribution >= 0.6 is 11.3 Å². The second-order valence-corrected chi connectivity index (χ2v) is 24.9. The molecule has 11 rings (SSSR count). The molecule has 0 atom stereocenters. The summed E-state index contributed by atoms with van der Waals surface area (Å²) in [5.74, 6) is 0. The fourth-order valence-electron chi connectivity index (χ4n) is 12.0. The molecule has 5 heteroatoms. The molecule has 4 aliphatic rings. The molecule has 0 N–H and O–H groups in total. The minimum absolute atomic E-state index is 0.0156. The standard InChI is InChI=1S/C63H68BN3S/c1-39-32-53-56-54(33-39)67(57-40(2)34-47(35-41(57)3)65(44-20-16-14-17-21-44)45-22-18-15-19-23-45)52-38-50-49(62(10,11)30-31-63(50,12)13)37-51(52)64(56)59-58(48-36-43(61(7,8)9)26-29-55(48)68-59)66(53)46-27-24-42(25-28-46)60(4,5)6/h14-18,20-22,24-29,32-38H,19,23,30-31H2,1-13H3. The zero-order valence-corrected chi connectivity index (χ0v) is 43.6. The quantitative estimate of drug-likeness (QED) is 0.159. The van der Waals surface area contributed by atoms with Crippen LogP contribution in [0.5, 0.6) is 0 Å². The van der Waals surface area contributed by atoms with Crippen LogP contribution in [0.4, 0.5) is 45.5 Å². The molecule has 0 saturated carbocycles. The summed E-state index contributed by atoms with van der Waals surface area (Å²) in [7, 11) is 0. The fraction of sp³-hybridized carbons (Fsp3) is 0.333. The van der Waals surface area contributed by atoms with Crippen molar-refractivity contribution in [1.82, 2.24) is 0 Å². The van der Waals surface area contributed by atoms with Crippen molar-refractivity contribution >= 4 is 89.3 Å². The van der Waals surface area contributed by atoms with Gasteiger partial charge in [0.15, 0.2) is 0 Å². The Labute approximate surface area is 411 Å². The third kappa shape index (κ3) is 7.12. The molecule has 344 valence electrons. The van der Waals surface area contributed by atoms with E-state index in [1.165, 1.54) is 129 Å². The molecule has 0 fully saturated rings. The summed E-state index contributed by atoms with van der Waals surface area (Å²) in [4.78, 5) is 7.84. The largest absolute Gasteiger partial charge is 0.314 e. The first-order valence-electron chi connectivity index (χ1n) is 25.1. The molecule has 0 radical (unpaired) electrons. The van der Waals surface area contributed by atoms with Gasteiger partial charge in [-0.3, -0.25) is 0 Å². The first kappa shape index (κ1) is 44.7. The van der Waals surface area contributed by atoms with Crippen LogP contribution in [0.1, 0.15) is 134 Å². The third-order valence-electron chi connectivity index (χ3n) is 15.9. The molecule has 3 heterocycles. The van der Waals surface area contributed by atoms with Gasteiger partial charge in [0.1, 0.15) is 0 Å². The van der Waals surface area contributed by atoms with Gasteiger partial charge in [0, 0.05) is 54.7 Å². The number of aryl methyl sites for hydroxylation is 3. The van der Waals surface area contributed by atoms with E-state index >= 15 is 0 Å². The second kappa shape index (κ2) is 15.6. The molecule has 7 aromatic rings. The highest BCUT2D eigenvalue weighted by Crippen LogP contribution is 2.53. The average Bonchev–Trinajstić information content (AvgIpc) is 3.67. The maximum Gasteiger partial charge on any atom is 0.264 e. The summed E-state index contributed by atoms with van der Waals surface area (Å²) < 4.78 is 2.79. The van der Waals surface area contributed by atoms with Gasteiger partial charge in [-0.2, -0.15) is 0 Å². The van der Waals surface area contributed by atoms with Crippen LogP contribution in [0, 0.1) is 20.8 Å². The van der Waals surface area contributed by atoms with Crippen molar-refractivity contribution in [3.63, 3.8) is 0 Å². The molecular formula is C63H68BN3S. The molecule has 68 heavy (non-hydrogen) atoms. The number of rotatable bonds is 5. The van der Waals surface area contributed by atoms with Crippen molar-refractivity contribution < 1.29 is 0 Å². The summed E-state index contributed by atoms with van der Waals surface area (Å²) >= 11 is 2.01. The van der Waals surface area contributed by atoms with Gasteiger partial charge in [-0.05, 0) is 191 Å². The zero-order valence-electron chi connectivity index (χ0n) is 42.8. The Morgan fingerprint density at radius 2 is 1.24 bits per heavy atom. The fourth-order valence-corrected chi connectivity index (χ4v) is 13.3. The van der Waals surface area contributed by atoms with Crippen LogP contribution in [0.3, 0.4) is 0 Å². The van der Waals surface area contributed by atoms with Gasteiger partial charge < -0.3 is 14.7 Å². The van der Waals surface area contributed by atoms with Crippen LogP contribution in [0.25, 0.3) is 10.1 Å². The molecule has 0 saturated heterocycles. The number of fused-ring (bicyclic) bond motifs is 7. The maximum atomic E-state index is 2.70. The summed E-state index contributed by atoms with van der Waals surface area (Å²) in [6.45, 7) is 31.0. The summed E-state index contributed by atoms with van der Waals surface area (Å²) in [6, 6.07) is 43.0. The van der Waals surface area contributed by atoms with Gasteiger partial charge in [0.25, 0.3) is 6.71 Å². The van der Waals surface area contributed by atoms with E-state index in [1.807, 2.05) is 11.3 Å². The van der Waals surface area contributed by atoms with Gasteiger partial charge in [0.2, 0.25) is 0 Å². The van der Waals surface area contributed by atoms with E-state index in [-0.39, 0.29) is 28.4 Å². The van der Waals surface area contributed by atoms with Gasteiger partial charge in [-0.1, -0.05) is 124 Å². The van der Waals surface area contributed by atoms with E-state index in [0.29, 0.717) is 0 Å². The number of allylic oxidation sites excluding steroid dienone is 4. The van der Waals surface area contributed by atoms with Gasteiger partial charge >= 0.3 is 0 Å². The Hall–Kier alpha value is -5.78. The van der Waals surface area contributed by atoms with E-state index in [9.17, 15) is 0 Å². The van der Waals surface area contributed by atoms with Crippen LogP contribution in [0.2, 0.25) is 0 Å². The number of anilines is 8. The molecule has 0 amide bonds. The Bertz CT molecular complexity index is 3220. The van der Waals surface area contributed by atoms with E-state index < -0.39 is 0 Å². The number of benzene rings is 6. The van der Waals surface area contributed by atoms with Crippen LogP contribution in [-0.4, -0.2) is 6.71 Å². The zero-order chi connectivity index (χ0) is 47.8. The summed E-state index contributed by atoms with van der Waals surface area (Å²) in [6.07, 6.45) is 11.2. The molecule has 2 aliphatic carbocycles. The van der Waals surface area contributed by atoms with Crippen molar-refractivity contribution in [3.05, 3.63) is 172 Å². The predicted octanol–water partition coefficient (Wildman–Crippen LogP) is 16.2. The molecule has 0 spiro atoms. The van der Waals surface area contributed by atoms with Crippen molar-refractivity contribution in [2.24, 2.45) is 0 Å². The highest BCUT2D eigenvalue weighted by atomic mass is 32.1. The Kier molecular flexibility index (Phi) is 10.3. The molecule has 0 bridgehead atoms. The first-order valence-corrected chi connectivity index (χ1v) is 26.0. The average molecular weight is 910 g/mol. The molecular weight excluding hydrogens is 842 g/mol. The molecule has 1 aromatic heterocycles. The van der Waals surface area contributed by atoms with Crippen molar-refractivity contribution in [1.29, 1.82) is 0 Å². The van der Waals surface area contributed by atoms with E-state index in [4.69, 9.17) is 0 Å². The van der Waals surface area contributed by atoms with Crippen molar-refractivity contribution in [3.8, 4) is 0 Å². The van der Waals surface area contributed by atoms with Gasteiger partial charge in [0.05, 0.1) is 11.4 Å². The highest BCUT2D eigenvalue weighted by Gasteiger charge is 2.48. The molecule has 0 unspecified atom stereocenters. The SMILES string of the molecule is Cc1cc2c3c(c1)N(c1ccc(C(C)(C)C)cc1)c1c(sc4ccc(C(C)(C)C)cc14)B3c1cc3c(cc1N2c1c(C)cc(N(C2=CC=CCC2)c2ccccc2)cc1C)C(C)(C)CCC3(C)C. The predicted molar refractivity (Wildman–Crippen MR) is 298 cm³/mol. The number of nitrogens with zero attached hydrogens (tertiary/aromatic N) is 3. The lowest BCUT2D eigenvalue weighted by Gasteiger charge is -2.47. The van der Waals surface area contributed by atoms with E-state index in [1.54, 1.807) is 0 Å². The van der Waals surface area contributed by atoms with Crippen molar-refractivity contribution in [2.45, 2.75) is 137 Å². The lowest BCUT2D eigenvalue weighted by molar-refractivity contribution is 0.332. The summed E-state index contributed by atoms with van der Waals surface area (Å²) in [5, 5.41) is 1.35. The number of thiophene rings is 1. The minimum atomic E-state index is 0.0156. The number of hydrogen-bond acceptors (Lipinski definition) is 4. The topological polar surface area (TPSA) is 9.72 Å². The highest BCUT2D eigenvalue weighted by molar-refractivity contribution is 7.33. The van der Waals surface area contributed by atoms with E-state index in [2.05, 4.69) is 232 Å². The first-order chi connectivity index (χ1) is 32.2. The van der Waals surface area contributed by atoms with Crippen LogP contribution < -0.4 is 30.4 Å². The Morgan fingerprint density at radius 1 is 0.618 bits per heavy atom. The summed E-state index contributed by atoms with van der Waals surface area (Å²) in [5.41, 5.74) is 24.0. The lowest BCUT2D eigenvalue weighted by Crippen LogP contribution is -2.61. The molecule has 2 aliphatic heterocycles. The van der Waals surface area contributed by atoms with E-state index in [0.717, 1.165) is 12.8 Å². The minimum Gasteiger partial charge on any atom is -0.314 e. The monoisotopic (exact) mass is 910 g/mol. The Balaban J connectivity index is 1.22. The van der Waals surface area contributed by atoms with Crippen molar-refractivity contribution in [2.75, 3.05) is 14.7 Å². The number of para-hydroxylation sites is 1. The Morgan fingerprint density at radius 3 is 1.85 bits per heavy atom. The molecule has 3 nitrogen and oxygen atoms in total.